The molecule has 0 unspecified atom stereocenters. The summed E-state index contributed by atoms with van der Waals surface area (Å²) in [5, 5.41) is 0.541. The minimum absolute atomic E-state index is 0.000464. The summed E-state index contributed by atoms with van der Waals surface area (Å²) in [6.07, 6.45) is -0.216. The number of pyridine rings is 2. The van der Waals surface area contributed by atoms with E-state index in [0.717, 1.165) is 15.2 Å². The molecule has 2 aromatic carbocycles. The summed E-state index contributed by atoms with van der Waals surface area (Å²) >= 11 is 0. The molecule has 3 aromatic heterocycles. The van der Waals surface area contributed by atoms with Crippen molar-refractivity contribution in [2.24, 2.45) is 0 Å². The number of hydrogen-bond donors (Lipinski definition) is 0. The summed E-state index contributed by atoms with van der Waals surface area (Å²) in [6, 6.07) is 16.8. The first-order valence-electron chi connectivity index (χ1n) is 13.7. The van der Waals surface area contributed by atoms with Crippen LogP contribution in [0.1, 0.15) is 11.1 Å². The molecule has 0 aliphatic carbocycles. The van der Waals surface area contributed by atoms with Gasteiger partial charge in [0.2, 0.25) is 0 Å². The molecule has 1 aliphatic rings. The number of halogens is 3. The number of morpholine rings is 1. The Balaban J connectivity index is 1.41. The number of anilines is 1. The quantitative estimate of drug-likeness (QED) is 0.246. The highest BCUT2D eigenvalue weighted by Gasteiger charge is 2.31. The third kappa shape index (κ3) is 6.06. The Labute approximate surface area is 250 Å². The van der Waals surface area contributed by atoms with Crippen LogP contribution in [0.4, 0.5) is 18.9 Å². The summed E-state index contributed by atoms with van der Waals surface area (Å²) in [4.78, 5) is 20.0. The van der Waals surface area contributed by atoms with Gasteiger partial charge in [-0.3, -0.25) is 4.79 Å². The van der Waals surface area contributed by atoms with Crippen LogP contribution in [-0.4, -0.2) is 54.6 Å². The first kappa shape index (κ1) is 29.5. The second-order valence-corrected chi connectivity index (χ2v) is 12.2. The van der Waals surface area contributed by atoms with Gasteiger partial charge >= 0.3 is 6.36 Å². The molecular weight excluding hydrogens is 597 g/mol. The lowest BCUT2D eigenvalue weighted by Crippen LogP contribution is -2.36. The van der Waals surface area contributed by atoms with Gasteiger partial charge in [0, 0.05) is 42.5 Å². The van der Waals surface area contributed by atoms with Crippen LogP contribution in [0.25, 0.3) is 22.2 Å². The van der Waals surface area contributed by atoms with Gasteiger partial charge in [0.05, 0.1) is 36.5 Å². The number of benzene rings is 2. The maximum atomic E-state index is 13.8. The highest BCUT2D eigenvalue weighted by Crippen LogP contribution is 2.34. The number of nitrogens with zero attached hydrogens (tertiary/aromatic N) is 4. The molecule has 0 spiro atoms. The highest BCUT2D eigenvalue weighted by molar-refractivity contribution is 7.90. The zero-order chi connectivity index (χ0) is 31.1. The van der Waals surface area contributed by atoms with Gasteiger partial charge in [-0.15, -0.1) is 13.2 Å². The van der Waals surface area contributed by atoms with Crippen molar-refractivity contribution in [3.8, 4) is 16.9 Å². The van der Waals surface area contributed by atoms with E-state index in [9.17, 15) is 26.4 Å². The molecule has 0 saturated carbocycles. The van der Waals surface area contributed by atoms with Crippen LogP contribution in [0, 0.1) is 6.92 Å². The van der Waals surface area contributed by atoms with Crippen molar-refractivity contribution < 1.29 is 31.1 Å². The topological polar surface area (TPSA) is 95.7 Å². The van der Waals surface area contributed by atoms with Crippen molar-refractivity contribution in [1.29, 1.82) is 0 Å². The molecule has 13 heteroatoms. The Morgan fingerprint density at radius 1 is 1.00 bits per heavy atom. The Bertz CT molecular complexity index is 2000. The minimum atomic E-state index is -4.83. The van der Waals surface area contributed by atoms with Gasteiger partial charge in [0.15, 0.2) is 5.65 Å². The van der Waals surface area contributed by atoms with Gasteiger partial charge in [0.1, 0.15) is 5.75 Å². The van der Waals surface area contributed by atoms with E-state index in [4.69, 9.17) is 4.74 Å². The smallest absolute Gasteiger partial charge is 0.406 e. The Morgan fingerprint density at radius 3 is 2.45 bits per heavy atom. The van der Waals surface area contributed by atoms with Crippen molar-refractivity contribution in [3.05, 3.63) is 107 Å². The van der Waals surface area contributed by atoms with Crippen molar-refractivity contribution in [2.75, 3.05) is 31.2 Å². The number of aromatic nitrogens is 3. The molecule has 5 aromatic rings. The average molecular weight is 625 g/mol. The second-order valence-electron chi connectivity index (χ2n) is 10.4. The predicted molar refractivity (Wildman–Crippen MR) is 158 cm³/mol. The molecule has 6 rings (SSSR count). The first-order valence-corrected chi connectivity index (χ1v) is 15.1. The molecule has 0 atom stereocenters. The molecule has 0 N–H and O–H groups in total. The van der Waals surface area contributed by atoms with Crippen LogP contribution >= 0.6 is 0 Å². The predicted octanol–water partition coefficient (Wildman–Crippen LogP) is 5.19. The first-order chi connectivity index (χ1) is 21.0. The number of alkyl halides is 3. The van der Waals surface area contributed by atoms with E-state index in [1.54, 1.807) is 30.5 Å². The summed E-state index contributed by atoms with van der Waals surface area (Å²) < 4.78 is 77.5. The van der Waals surface area contributed by atoms with E-state index in [-0.39, 0.29) is 22.8 Å². The second kappa shape index (κ2) is 11.5. The molecule has 44 heavy (non-hydrogen) atoms. The minimum Gasteiger partial charge on any atom is -0.406 e. The molecule has 1 aliphatic heterocycles. The van der Waals surface area contributed by atoms with Crippen molar-refractivity contribution in [2.45, 2.75) is 24.7 Å². The molecule has 1 saturated heterocycles. The number of hydrogen-bond acceptors (Lipinski definition) is 7. The zero-order valence-corrected chi connectivity index (χ0v) is 24.3. The van der Waals surface area contributed by atoms with E-state index in [2.05, 4.69) is 14.6 Å². The van der Waals surface area contributed by atoms with E-state index in [0.29, 0.717) is 48.4 Å². The van der Waals surface area contributed by atoms with Crippen molar-refractivity contribution >= 4 is 26.7 Å². The molecule has 0 amide bonds. The SMILES string of the molecule is Cc1ccc(S(=O)(=O)n2cc(-c3ccn(Cc4cccc(OC(F)(F)F)c4)c(=O)c3)c3cc(N4CCOCC4)cnc32)cc1. The van der Waals surface area contributed by atoms with E-state index in [1.807, 2.05) is 13.0 Å². The van der Waals surface area contributed by atoms with Gasteiger partial charge in [-0.2, -0.15) is 0 Å². The standard InChI is InChI=1S/C31H27F3N4O5S/c1-21-5-7-26(8-6-21)44(40,41)38-20-28(27-17-24(18-35-30(27)38)36-11-13-42-14-12-36)23-9-10-37(29(39)16-23)19-22-3-2-4-25(15-22)43-31(32,33)34/h2-10,15-18,20H,11-14,19H2,1H3. The third-order valence-corrected chi connectivity index (χ3v) is 9.01. The zero-order valence-electron chi connectivity index (χ0n) is 23.5. The van der Waals surface area contributed by atoms with Crippen LogP contribution in [0.5, 0.6) is 5.75 Å². The summed E-state index contributed by atoms with van der Waals surface area (Å²) in [7, 11) is -4.04. The van der Waals surface area contributed by atoms with Crippen LogP contribution in [-0.2, 0) is 21.3 Å². The summed E-state index contributed by atoms with van der Waals surface area (Å²) in [6.45, 7) is 4.27. The van der Waals surface area contributed by atoms with Crippen LogP contribution in [0.15, 0.2) is 95.0 Å². The van der Waals surface area contributed by atoms with Gasteiger partial charge in [-0.25, -0.2) is 17.4 Å². The Morgan fingerprint density at radius 2 is 1.75 bits per heavy atom. The van der Waals surface area contributed by atoms with E-state index >= 15 is 0 Å². The van der Waals surface area contributed by atoms with Crippen LogP contribution in [0.2, 0.25) is 0 Å². The molecule has 1 fully saturated rings. The fourth-order valence-electron chi connectivity index (χ4n) is 5.14. The fraction of sp³-hybridized carbons (Fsp3) is 0.226. The number of ether oxygens (including phenoxy) is 2. The molecule has 4 heterocycles. The lowest BCUT2D eigenvalue weighted by Gasteiger charge is -2.28. The maximum absolute atomic E-state index is 13.8. The van der Waals surface area contributed by atoms with Crippen LogP contribution in [0.3, 0.4) is 0 Å². The Hall–Kier alpha value is -4.62. The highest BCUT2D eigenvalue weighted by atomic mass is 32.2. The van der Waals surface area contributed by atoms with Gasteiger partial charge in [0.25, 0.3) is 15.6 Å². The molecule has 228 valence electrons. The largest absolute Gasteiger partial charge is 0.573 e. The van der Waals surface area contributed by atoms with E-state index < -0.39 is 21.9 Å². The number of rotatable bonds is 7. The molecule has 0 radical (unpaired) electrons. The lowest BCUT2D eigenvalue weighted by molar-refractivity contribution is -0.274. The summed E-state index contributed by atoms with van der Waals surface area (Å²) in [5.74, 6) is -0.383. The Kier molecular flexibility index (Phi) is 7.68. The normalized spacial score (nSPS) is 14.2. The van der Waals surface area contributed by atoms with Gasteiger partial charge in [-0.05, 0) is 54.4 Å². The fourth-order valence-corrected chi connectivity index (χ4v) is 6.47. The molecular formula is C31H27F3N4O5S. The lowest BCUT2D eigenvalue weighted by atomic mass is 10.1. The van der Waals surface area contributed by atoms with Crippen molar-refractivity contribution in [1.82, 2.24) is 13.5 Å². The molecule has 0 bridgehead atoms. The monoisotopic (exact) mass is 624 g/mol. The number of aryl methyl sites for hydroxylation is 1. The average Bonchev–Trinajstić information content (AvgIpc) is 3.38. The summed E-state index contributed by atoms with van der Waals surface area (Å²) in [5.41, 5.74) is 2.87. The molecule has 9 nitrogen and oxygen atoms in total. The maximum Gasteiger partial charge on any atom is 0.573 e. The van der Waals surface area contributed by atoms with E-state index in [1.165, 1.54) is 53.4 Å². The number of fused-ring (bicyclic) bond motifs is 1. The third-order valence-electron chi connectivity index (χ3n) is 7.34. The van der Waals surface area contributed by atoms with Crippen LogP contribution < -0.4 is 15.2 Å². The van der Waals surface area contributed by atoms with Gasteiger partial charge < -0.3 is 18.9 Å². The van der Waals surface area contributed by atoms with Crippen molar-refractivity contribution in [3.63, 3.8) is 0 Å². The van der Waals surface area contributed by atoms with Gasteiger partial charge in [-0.1, -0.05) is 29.8 Å².